The van der Waals surface area contributed by atoms with E-state index in [9.17, 15) is 0 Å². The molecule has 236 valence electrons. The van der Waals surface area contributed by atoms with Crippen molar-refractivity contribution in [3.63, 3.8) is 0 Å². The molecule has 0 fully saturated rings. The van der Waals surface area contributed by atoms with Crippen molar-refractivity contribution in [2.75, 3.05) is 4.90 Å². The van der Waals surface area contributed by atoms with Gasteiger partial charge in [-0.25, -0.2) is 4.98 Å². The largest absolute Gasteiger partial charge is 0.309 e. The molecule has 0 N–H and O–H groups in total. The fraction of sp³-hybridized carbons (Fsp3) is 0.111. The fourth-order valence-electron chi connectivity index (χ4n) is 7.42. The SMILES string of the molecule is CC(C)(C)c1ccnc(-n2c3ccccc3c3ccc(N4c5ccccc5Cc5ccccc5-c5ccc(-c6ccccn6)cc54)cc32)c1. The number of anilines is 3. The van der Waals surface area contributed by atoms with Gasteiger partial charge in [0.15, 0.2) is 0 Å². The molecule has 0 bridgehead atoms. The number of fused-ring (bicyclic) bond motifs is 7. The summed E-state index contributed by atoms with van der Waals surface area (Å²) in [4.78, 5) is 12.1. The lowest BCUT2D eigenvalue weighted by atomic mass is 9.88. The maximum absolute atomic E-state index is 4.95. The second kappa shape index (κ2) is 11.3. The molecule has 0 saturated carbocycles. The van der Waals surface area contributed by atoms with E-state index < -0.39 is 0 Å². The van der Waals surface area contributed by atoms with Gasteiger partial charge in [-0.3, -0.25) is 9.55 Å². The zero-order chi connectivity index (χ0) is 33.1. The van der Waals surface area contributed by atoms with Gasteiger partial charge in [-0.2, -0.15) is 0 Å². The van der Waals surface area contributed by atoms with E-state index in [1.165, 1.54) is 44.3 Å². The lowest BCUT2D eigenvalue weighted by Crippen LogP contribution is -2.16. The van der Waals surface area contributed by atoms with Gasteiger partial charge in [0.05, 0.1) is 22.4 Å². The Balaban J connectivity index is 1.35. The summed E-state index contributed by atoms with van der Waals surface area (Å²) in [5.74, 6) is 0.926. The molecule has 49 heavy (non-hydrogen) atoms. The Kier molecular flexibility index (Phi) is 6.73. The minimum atomic E-state index is 0.00119. The van der Waals surface area contributed by atoms with Crippen molar-refractivity contribution >= 4 is 38.9 Å². The van der Waals surface area contributed by atoms with Crippen LogP contribution in [0.1, 0.15) is 37.5 Å². The smallest absolute Gasteiger partial charge is 0.137 e. The van der Waals surface area contributed by atoms with Crippen LogP contribution in [0.15, 0.2) is 152 Å². The molecule has 8 aromatic rings. The van der Waals surface area contributed by atoms with Crippen molar-refractivity contribution in [1.82, 2.24) is 14.5 Å². The third-order valence-electron chi connectivity index (χ3n) is 9.88. The molecule has 5 aromatic carbocycles. The molecule has 4 nitrogen and oxygen atoms in total. The number of benzene rings is 5. The topological polar surface area (TPSA) is 34.0 Å². The van der Waals surface area contributed by atoms with Crippen molar-refractivity contribution in [3.05, 3.63) is 169 Å². The average Bonchev–Trinajstić information content (AvgIpc) is 3.46. The number of nitrogens with zero attached hydrogens (tertiary/aromatic N) is 4. The van der Waals surface area contributed by atoms with Crippen LogP contribution in [0.3, 0.4) is 0 Å². The predicted molar refractivity (Wildman–Crippen MR) is 203 cm³/mol. The van der Waals surface area contributed by atoms with Gasteiger partial charge in [0.2, 0.25) is 0 Å². The lowest BCUT2D eigenvalue weighted by molar-refractivity contribution is 0.588. The van der Waals surface area contributed by atoms with Gasteiger partial charge in [0, 0.05) is 52.1 Å². The van der Waals surface area contributed by atoms with Crippen molar-refractivity contribution in [2.24, 2.45) is 0 Å². The molecule has 9 rings (SSSR count). The van der Waals surface area contributed by atoms with E-state index in [2.05, 4.69) is 164 Å². The summed E-state index contributed by atoms with van der Waals surface area (Å²) >= 11 is 0. The van der Waals surface area contributed by atoms with Crippen LogP contribution in [0.2, 0.25) is 0 Å². The highest BCUT2D eigenvalue weighted by atomic mass is 15.2. The van der Waals surface area contributed by atoms with Crippen molar-refractivity contribution < 1.29 is 0 Å². The Morgan fingerprint density at radius 3 is 2.18 bits per heavy atom. The summed E-state index contributed by atoms with van der Waals surface area (Å²) in [5, 5.41) is 2.42. The fourth-order valence-corrected chi connectivity index (χ4v) is 7.42. The number of hydrogen-bond donors (Lipinski definition) is 0. The highest BCUT2D eigenvalue weighted by Gasteiger charge is 2.26. The summed E-state index contributed by atoms with van der Waals surface area (Å²) in [6.07, 6.45) is 4.65. The first-order valence-electron chi connectivity index (χ1n) is 17.0. The number of rotatable bonds is 3. The minimum Gasteiger partial charge on any atom is -0.309 e. The second-order valence-electron chi connectivity index (χ2n) is 14.0. The van der Waals surface area contributed by atoms with E-state index >= 15 is 0 Å². The zero-order valence-electron chi connectivity index (χ0n) is 27.9. The minimum absolute atomic E-state index is 0.00119. The summed E-state index contributed by atoms with van der Waals surface area (Å²) in [7, 11) is 0. The average molecular weight is 633 g/mol. The number of pyridine rings is 2. The second-order valence-corrected chi connectivity index (χ2v) is 14.0. The van der Waals surface area contributed by atoms with E-state index in [4.69, 9.17) is 9.97 Å². The highest BCUT2D eigenvalue weighted by Crippen LogP contribution is 2.48. The first-order valence-corrected chi connectivity index (χ1v) is 17.0. The van der Waals surface area contributed by atoms with E-state index in [0.29, 0.717) is 0 Å². The van der Waals surface area contributed by atoms with Gasteiger partial charge in [0.1, 0.15) is 5.82 Å². The molecule has 3 aromatic heterocycles. The Morgan fingerprint density at radius 2 is 1.33 bits per heavy atom. The Labute approximate surface area is 287 Å². The van der Waals surface area contributed by atoms with E-state index in [1.807, 2.05) is 18.5 Å². The predicted octanol–water partition coefficient (Wildman–Crippen LogP) is 11.6. The van der Waals surface area contributed by atoms with Crippen LogP contribution in [-0.2, 0) is 11.8 Å². The number of para-hydroxylation sites is 2. The molecule has 1 aliphatic rings. The third-order valence-corrected chi connectivity index (χ3v) is 9.88. The van der Waals surface area contributed by atoms with Crippen molar-refractivity contribution in [3.8, 4) is 28.2 Å². The molecule has 0 spiro atoms. The first kappa shape index (κ1) is 29.2. The molecule has 4 heterocycles. The van der Waals surface area contributed by atoms with E-state index in [0.717, 1.165) is 45.9 Å². The van der Waals surface area contributed by atoms with Crippen molar-refractivity contribution in [1.29, 1.82) is 0 Å². The first-order chi connectivity index (χ1) is 23.9. The number of hydrogen-bond acceptors (Lipinski definition) is 3. The Hall–Kier alpha value is -6.00. The number of aromatic nitrogens is 3. The monoisotopic (exact) mass is 632 g/mol. The molecular formula is C45H36N4. The maximum Gasteiger partial charge on any atom is 0.137 e. The van der Waals surface area contributed by atoms with Crippen LogP contribution >= 0.6 is 0 Å². The standard InChI is InChI=1S/C45H36N4/c1-45(2,3)33-23-25-47-44(28-33)49-41-18-9-7-15-36(41)38-22-20-34(29-43(38)49)48-40-17-8-5-13-32(40)26-30-12-4-6-14-35(30)37-21-19-31(27-42(37)48)39-16-10-11-24-46-39/h4-25,27-29H,26H2,1-3H3. The highest BCUT2D eigenvalue weighted by molar-refractivity contribution is 6.10. The van der Waals surface area contributed by atoms with Gasteiger partial charge < -0.3 is 4.90 Å². The maximum atomic E-state index is 4.95. The van der Waals surface area contributed by atoms with Crippen LogP contribution in [0.5, 0.6) is 0 Å². The van der Waals surface area contributed by atoms with Gasteiger partial charge in [-0.05, 0) is 82.3 Å². The quantitative estimate of drug-likeness (QED) is 0.194. The zero-order valence-corrected chi connectivity index (χ0v) is 27.9. The lowest BCUT2D eigenvalue weighted by Gasteiger charge is -2.32. The Bertz CT molecular complexity index is 2520. The van der Waals surface area contributed by atoms with Gasteiger partial charge >= 0.3 is 0 Å². The van der Waals surface area contributed by atoms with Crippen LogP contribution < -0.4 is 4.90 Å². The molecule has 0 unspecified atom stereocenters. The van der Waals surface area contributed by atoms with Crippen LogP contribution in [0, 0.1) is 0 Å². The molecule has 0 atom stereocenters. The van der Waals surface area contributed by atoms with Gasteiger partial charge in [-0.1, -0.05) is 106 Å². The van der Waals surface area contributed by atoms with Crippen LogP contribution in [-0.4, -0.2) is 14.5 Å². The molecule has 0 radical (unpaired) electrons. The molecule has 0 aliphatic carbocycles. The van der Waals surface area contributed by atoms with E-state index in [-0.39, 0.29) is 5.41 Å². The summed E-state index contributed by atoms with van der Waals surface area (Å²) in [6, 6.07) is 50.5. The summed E-state index contributed by atoms with van der Waals surface area (Å²) < 4.78 is 2.33. The normalized spacial score (nSPS) is 12.7. The van der Waals surface area contributed by atoms with Gasteiger partial charge in [0.25, 0.3) is 0 Å². The van der Waals surface area contributed by atoms with Gasteiger partial charge in [-0.15, -0.1) is 0 Å². The molecular weight excluding hydrogens is 597 g/mol. The van der Waals surface area contributed by atoms with E-state index in [1.54, 1.807) is 0 Å². The van der Waals surface area contributed by atoms with Crippen LogP contribution in [0.4, 0.5) is 17.1 Å². The molecule has 1 aliphatic heterocycles. The Morgan fingerprint density at radius 1 is 0.551 bits per heavy atom. The summed E-state index contributed by atoms with van der Waals surface area (Å²) in [6.45, 7) is 6.76. The molecule has 0 saturated heterocycles. The molecule has 0 amide bonds. The van der Waals surface area contributed by atoms with Crippen LogP contribution in [0.25, 0.3) is 50.0 Å². The third kappa shape index (κ3) is 4.91. The summed E-state index contributed by atoms with van der Waals surface area (Å²) in [5.41, 5.74) is 14.0. The molecule has 4 heteroatoms. The van der Waals surface area contributed by atoms with Crippen molar-refractivity contribution in [2.45, 2.75) is 32.6 Å².